The van der Waals surface area contributed by atoms with Crippen molar-refractivity contribution in [2.45, 2.75) is 13.8 Å². The molecule has 1 fully saturated rings. The summed E-state index contributed by atoms with van der Waals surface area (Å²) >= 11 is 0. The Balaban J connectivity index is 1.59. The molecule has 148 valence electrons. The van der Waals surface area contributed by atoms with Crippen LogP contribution in [0, 0.1) is 13.8 Å². The predicted molar refractivity (Wildman–Crippen MR) is 106 cm³/mol. The zero-order chi connectivity index (χ0) is 21.0. The van der Waals surface area contributed by atoms with Gasteiger partial charge in [0.25, 0.3) is 17.7 Å². The summed E-state index contributed by atoms with van der Waals surface area (Å²) < 4.78 is 5.48. The molecule has 0 atom stereocenters. The lowest BCUT2D eigenvalue weighted by Crippen LogP contribution is -2.51. The quantitative estimate of drug-likeness (QED) is 0.532. The summed E-state index contributed by atoms with van der Waals surface area (Å²) in [4.78, 5) is 46.6. The van der Waals surface area contributed by atoms with E-state index in [2.05, 4.69) is 5.32 Å². The van der Waals surface area contributed by atoms with E-state index in [1.807, 2.05) is 42.7 Å². The van der Waals surface area contributed by atoms with E-state index in [4.69, 9.17) is 4.74 Å². The van der Waals surface area contributed by atoms with Gasteiger partial charge in [-0.05, 0) is 54.8 Å². The van der Waals surface area contributed by atoms with Crippen molar-refractivity contribution in [2.75, 3.05) is 11.9 Å². The highest BCUT2D eigenvalue weighted by atomic mass is 16.5. The second kappa shape index (κ2) is 8.39. The molecule has 5 amide bonds. The number of carbonyl (C=O) groups is 4. The molecule has 1 aliphatic heterocycles. The molecule has 8 heteroatoms. The molecule has 1 aliphatic rings. The normalized spacial score (nSPS) is 13.4. The molecule has 8 nitrogen and oxygen atoms in total. The van der Waals surface area contributed by atoms with Gasteiger partial charge in [0.15, 0.2) is 6.61 Å². The first-order chi connectivity index (χ1) is 13.8. The van der Waals surface area contributed by atoms with Gasteiger partial charge < -0.3 is 10.1 Å². The molecule has 3 N–H and O–H groups in total. The topological polar surface area (TPSA) is 114 Å². The Kier molecular flexibility index (Phi) is 5.73. The van der Waals surface area contributed by atoms with Gasteiger partial charge in [-0.15, -0.1) is 0 Å². The van der Waals surface area contributed by atoms with Crippen molar-refractivity contribution in [3.63, 3.8) is 0 Å². The molecule has 29 heavy (non-hydrogen) atoms. The number of barbiturate groups is 1. The first kappa shape index (κ1) is 19.8. The van der Waals surface area contributed by atoms with Gasteiger partial charge in [0.1, 0.15) is 11.3 Å². The van der Waals surface area contributed by atoms with E-state index in [1.165, 1.54) is 6.08 Å². The van der Waals surface area contributed by atoms with Crippen LogP contribution in [0.2, 0.25) is 0 Å². The summed E-state index contributed by atoms with van der Waals surface area (Å²) in [5, 5.41) is 6.82. The fourth-order valence-corrected chi connectivity index (χ4v) is 2.64. The third-order valence-corrected chi connectivity index (χ3v) is 4.17. The van der Waals surface area contributed by atoms with Crippen LogP contribution in [0.5, 0.6) is 5.75 Å². The highest BCUT2D eigenvalue weighted by Crippen LogP contribution is 2.18. The van der Waals surface area contributed by atoms with Crippen LogP contribution in [0.15, 0.2) is 48.0 Å². The van der Waals surface area contributed by atoms with Crippen LogP contribution in [0.4, 0.5) is 10.5 Å². The largest absolute Gasteiger partial charge is 0.484 e. The summed E-state index contributed by atoms with van der Waals surface area (Å²) in [5.74, 6) is -1.36. The second-order valence-corrected chi connectivity index (χ2v) is 6.52. The molecular weight excluding hydrogens is 374 g/mol. The molecule has 0 radical (unpaired) electrons. The number of nitrogens with one attached hydrogen (secondary N) is 3. The Labute approximate surface area is 166 Å². The number of hydrogen-bond donors (Lipinski definition) is 3. The van der Waals surface area contributed by atoms with E-state index in [0.717, 1.165) is 16.8 Å². The van der Waals surface area contributed by atoms with Crippen LogP contribution in [-0.2, 0) is 14.4 Å². The molecule has 1 saturated heterocycles. The van der Waals surface area contributed by atoms with Gasteiger partial charge in [-0.25, -0.2) is 4.79 Å². The average Bonchev–Trinajstić information content (AvgIpc) is 2.67. The number of carbonyl (C=O) groups excluding carboxylic acids is 4. The summed E-state index contributed by atoms with van der Waals surface area (Å²) in [6.45, 7) is 3.69. The first-order valence-electron chi connectivity index (χ1n) is 8.80. The van der Waals surface area contributed by atoms with Crippen LogP contribution in [-0.4, -0.2) is 30.4 Å². The van der Waals surface area contributed by atoms with Crippen molar-refractivity contribution < 1.29 is 23.9 Å². The molecule has 0 saturated carbocycles. The maximum Gasteiger partial charge on any atom is 0.328 e. The third kappa shape index (κ3) is 5.07. The lowest BCUT2D eigenvalue weighted by molar-refractivity contribution is -0.124. The Hall–Kier alpha value is -3.94. The van der Waals surface area contributed by atoms with Crippen molar-refractivity contribution >= 4 is 35.5 Å². The van der Waals surface area contributed by atoms with Crippen LogP contribution >= 0.6 is 0 Å². The zero-order valence-electron chi connectivity index (χ0n) is 15.9. The molecule has 2 aromatic carbocycles. The van der Waals surface area contributed by atoms with Gasteiger partial charge in [-0.2, -0.15) is 0 Å². The van der Waals surface area contributed by atoms with E-state index in [-0.39, 0.29) is 18.1 Å². The molecule has 3 rings (SSSR count). The molecule has 2 aromatic rings. The van der Waals surface area contributed by atoms with Gasteiger partial charge in [0.05, 0.1) is 0 Å². The third-order valence-electron chi connectivity index (χ3n) is 4.17. The number of aryl methyl sites for hydroxylation is 2. The number of ether oxygens (including phenoxy) is 1. The maximum atomic E-state index is 12.1. The van der Waals surface area contributed by atoms with E-state index in [9.17, 15) is 19.2 Å². The number of rotatable bonds is 5. The van der Waals surface area contributed by atoms with Crippen molar-refractivity contribution in [1.82, 2.24) is 10.6 Å². The Morgan fingerprint density at radius 2 is 1.66 bits per heavy atom. The molecule has 0 spiro atoms. The fourth-order valence-electron chi connectivity index (χ4n) is 2.64. The molecular formula is C21H19N3O5. The number of hydrogen-bond acceptors (Lipinski definition) is 5. The van der Waals surface area contributed by atoms with Crippen LogP contribution in [0.3, 0.4) is 0 Å². The Morgan fingerprint density at radius 1 is 1.00 bits per heavy atom. The minimum Gasteiger partial charge on any atom is -0.484 e. The van der Waals surface area contributed by atoms with Gasteiger partial charge in [-0.1, -0.05) is 24.3 Å². The van der Waals surface area contributed by atoms with E-state index >= 15 is 0 Å². The molecule has 0 aromatic heterocycles. The standard InChI is InChI=1S/C21H19N3O5/c1-12-3-4-13(2)17(9-12)22-18(25)11-29-15-7-5-14(6-8-15)10-16-19(26)23-21(28)24-20(16)27/h3-10H,11H2,1-2H3,(H,22,25)(H2,23,24,26,27,28). The fraction of sp³-hybridized carbons (Fsp3) is 0.143. The number of urea groups is 1. The smallest absolute Gasteiger partial charge is 0.328 e. The number of anilines is 1. The van der Waals surface area contributed by atoms with E-state index in [0.29, 0.717) is 11.3 Å². The van der Waals surface area contributed by atoms with Crippen LogP contribution in [0.1, 0.15) is 16.7 Å². The number of benzene rings is 2. The van der Waals surface area contributed by atoms with E-state index < -0.39 is 17.8 Å². The predicted octanol–water partition coefficient (Wildman–Crippen LogP) is 2.07. The van der Waals surface area contributed by atoms with Crippen LogP contribution < -0.4 is 20.7 Å². The lowest BCUT2D eigenvalue weighted by Gasteiger charge is -2.14. The minimum atomic E-state index is -0.847. The van der Waals surface area contributed by atoms with Crippen LogP contribution in [0.25, 0.3) is 6.08 Å². The van der Waals surface area contributed by atoms with Gasteiger partial charge in [0, 0.05) is 5.69 Å². The molecule has 1 heterocycles. The van der Waals surface area contributed by atoms with Crippen molar-refractivity contribution in [3.8, 4) is 5.75 Å². The Bertz CT molecular complexity index is 1000. The van der Waals surface area contributed by atoms with Gasteiger partial charge in [0.2, 0.25) is 0 Å². The van der Waals surface area contributed by atoms with Gasteiger partial charge >= 0.3 is 6.03 Å². The van der Waals surface area contributed by atoms with Crippen molar-refractivity contribution in [1.29, 1.82) is 0 Å². The van der Waals surface area contributed by atoms with Gasteiger partial charge in [-0.3, -0.25) is 25.0 Å². The lowest BCUT2D eigenvalue weighted by atomic mass is 10.1. The van der Waals surface area contributed by atoms with E-state index in [1.54, 1.807) is 24.3 Å². The zero-order valence-corrected chi connectivity index (χ0v) is 15.9. The summed E-state index contributed by atoms with van der Waals surface area (Å²) in [6.07, 6.45) is 1.36. The van der Waals surface area contributed by atoms with Crippen molar-refractivity contribution in [2.24, 2.45) is 0 Å². The molecule has 0 bridgehead atoms. The summed E-state index contributed by atoms with van der Waals surface area (Å²) in [7, 11) is 0. The molecule has 0 unspecified atom stereocenters. The highest BCUT2D eigenvalue weighted by Gasteiger charge is 2.27. The minimum absolute atomic E-state index is 0.166. The Morgan fingerprint density at radius 3 is 2.31 bits per heavy atom. The van der Waals surface area contributed by atoms with Crippen molar-refractivity contribution in [3.05, 3.63) is 64.7 Å². The first-order valence-corrected chi connectivity index (χ1v) is 8.80. The summed E-state index contributed by atoms with van der Waals surface area (Å²) in [5.41, 5.74) is 3.13. The second-order valence-electron chi connectivity index (χ2n) is 6.52. The maximum absolute atomic E-state index is 12.1. The highest BCUT2D eigenvalue weighted by molar-refractivity contribution is 6.31. The number of imide groups is 2. The monoisotopic (exact) mass is 393 g/mol. The molecule has 0 aliphatic carbocycles. The summed E-state index contributed by atoms with van der Waals surface area (Å²) in [6, 6.07) is 11.4. The SMILES string of the molecule is Cc1ccc(C)c(NC(=O)COc2ccc(C=C3C(=O)NC(=O)NC3=O)cc2)c1. The average molecular weight is 393 g/mol. The number of amides is 5.